The number of anilines is 1. The maximum absolute atomic E-state index is 13.4. The minimum absolute atomic E-state index is 0.0666. The molecule has 1 aromatic rings. The van der Waals surface area contributed by atoms with Gasteiger partial charge in [-0.3, -0.25) is 10.2 Å². The van der Waals surface area contributed by atoms with E-state index in [-0.39, 0.29) is 17.9 Å². The fourth-order valence-electron chi connectivity index (χ4n) is 5.70. The lowest BCUT2D eigenvalue weighted by Gasteiger charge is -2.33. The summed E-state index contributed by atoms with van der Waals surface area (Å²) in [7, 11) is 4.49. The van der Waals surface area contributed by atoms with Gasteiger partial charge < -0.3 is 23.8 Å². The quantitative estimate of drug-likeness (QED) is 0.379. The van der Waals surface area contributed by atoms with Crippen LogP contribution in [0, 0.1) is 15.7 Å². The van der Waals surface area contributed by atoms with E-state index in [1.165, 1.54) is 19.1 Å². The van der Waals surface area contributed by atoms with Gasteiger partial charge >= 0.3 is 6.09 Å². The number of halogens is 1. The molecule has 13 nitrogen and oxygen atoms in total. The Morgan fingerprint density at radius 3 is 2.60 bits per heavy atom. The lowest BCUT2D eigenvalue weighted by molar-refractivity contribution is -0.119. The molecule has 4 rings (SSSR count). The number of fused-ring (bicyclic) bond motifs is 5. The maximum atomic E-state index is 13.4. The molecule has 228 valence electrons. The van der Waals surface area contributed by atoms with E-state index in [2.05, 4.69) is 21.2 Å². The number of methoxy groups -OCH3 is 2. The summed E-state index contributed by atoms with van der Waals surface area (Å²) in [5.41, 5.74) is 4.48. The van der Waals surface area contributed by atoms with E-state index in [4.69, 9.17) is 30.5 Å². The first kappa shape index (κ1) is 31.5. The molecule has 2 saturated heterocycles. The molecule has 0 radical (unpaired) electrons. The third-order valence-corrected chi connectivity index (χ3v) is 8.71. The fourth-order valence-corrected chi connectivity index (χ4v) is 6.01. The molecular weight excluding hydrogens is 570 g/mol. The highest BCUT2D eigenvalue weighted by molar-refractivity contribution is 6.35. The van der Waals surface area contributed by atoms with Crippen molar-refractivity contribution in [3.63, 3.8) is 0 Å². The van der Waals surface area contributed by atoms with E-state index in [0.29, 0.717) is 17.9 Å². The summed E-state index contributed by atoms with van der Waals surface area (Å²) in [5.74, 6) is -0.525. The van der Waals surface area contributed by atoms with Gasteiger partial charge in [0.25, 0.3) is 0 Å². The molecular formula is C28H36ClN5O8. The van der Waals surface area contributed by atoms with Crippen LogP contribution >= 0.6 is 11.6 Å². The van der Waals surface area contributed by atoms with E-state index < -0.39 is 53.5 Å². The molecule has 0 aliphatic carbocycles. The van der Waals surface area contributed by atoms with Crippen molar-refractivity contribution in [2.24, 2.45) is 16.3 Å². The highest BCUT2D eigenvalue weighted by atomic mass is 35.5. The zero-order valence-electron chi connectivity index (χ0n) is 24.4. The molecule has 3 aliphatic heterocycles. The normalized spacial score (nSPS) is 35.8. The highest BCUT2D eigenvalue weighted by Crippen LogP contribution is 2.49. The van der Waals surface area contributed by atoms with Crippen LogP contribution in [0.1, 0.15) is 39.2 Å². The molecule has 0 saturated carbocycles. The second-order valence-corrected chi connectivity index (χ2v) is 11.5. The number of epoxide rings is 1. The van der Waals surface area contributed by atoms with Gasteiger partial charge in [0.1, 0.15) is 34.6 Å². The summed E-state index contributed by atoms with van der Waals surface area (Å²) in [6.07, 6.45) is 2.21. The van der Waals surface area contributed by atoms with Crippen molar-refractivity contribution in [3.05, 3.63) is 56.3 Å². The smallest absolute Gasteiger partial charge is 0.421 e. The van der Waals surface area contributed by atoms with Crippen molar-refractivity contribution < 1.29 is 28.5 Å². The second-order valence-electron chi connectivity index (χ2n) is 11.1. The van der Waals surface area contributed by atoms with E-state index >= 15 is 0 Å². The molecule has 42 heavy (non-hydrogen) atoms. The van der Waals surface area contributed by atoms with Gasteiger partial charge in [-0.25, -0.2) is 4.79 Å². The number of amides is 2. The summed E-state index contributed by atoms with van der Waals surface area (Å²) >= 11 is 6.60. The predicted octanol–water partition coefficient (Wildman–Crippen LogP) is 4.17. The molecule has 2 fully saturated rings. The van der Waals surface area contributed by atoms with Gasteiger partial charge in [0.05, 0.1) is 25.3 Å². The van der Waals surface area contributed by atoms with Crippen molar-refractivity contribution >= 4 is 29.3 Å². The third kappa shape index (κ3) is 6.05. The van der Waals surface area contributed by atoms with Crippen LogP contribution in [-0.2, 0) is 25.4 Å². The van der Waals surface area contributed by atoms with Crippen LogP contribution in [-0.4, -0.2) is 68.9 Å². The van der Waals surface area contributed by atoms with Crippen molar-refractivity contribution in [1.82, 2.24) is 10.9 Å². The molecule has 4 bridgehead atoms. The van der Waals surface area contributed by atoms with Crippen LogP contribution in [0.4, 0.5) is 10.5 Å². The molecule has 0 aromatic heterocycles. The third-order valence-electron chi connectivity index (χ3n) is 8.33. The number of hydrogen-bond donors (Lipinski definition) is 2. The SMILES string of the molecule is COc1cc2cc(c1Cl)N(C)C(=O)CC(N=O)C1(C)OC1C(C)C1CC(N=O)(NNC(=O)O1)C(OC)/C=C/C=C(\C)C2. The van der Waals surface area contributed by atoms with Crippen LogP contribution in [0.2, 0.25) is 5.02 Å². The maximum Gasteiger partial charge on any atom is 0.421 e. The average molecular weight is 606 g/mol. The van der Waals surface area contributed by atoms with Crippen molar-refractivity contribution in [2.45, 2.75) is 75.7 Å². The molecule has 7 atom stereocenters. The first-order valence-corrected chi connectivity index (χ1v) is 13.9. The van der Waals surface area contributed by atoms with E-state index in [0.717, 1.165) is 11.1 Å². The molecule has 2 amide bonds. The first-order valence-electron chi connectivity index (χ1n) is 13.5. The van der Waals surface area contributed by atoms with Crippen LogP contribution in [0.15, 0.2) is 46.3 Å². The summed E-state index contributed by atoms with van der Waals surface area (Å²) in [4.78, 5) is 51.7. The number of carbonyl (C=O) groups is 2. The summed E-state index contributed by atoms with van der Waals surface area (Å²) in [6.45, 7) is 5.37. The van der Waals surface area contributed by atoms with Gasteiger partial charge in [0.15, 0.2) is 0 Å². The number of nitrogens with zero attached hydrogens (tertiary/aromatic N) is 3. The van der Waals surface area contributed by atoms with Crippen LogP contribution in [0.25, 0.3) is 0 Å². The Hall–Kier alpha value is -3.39. The number of hydrogen-bond acceptors (Lipinski definition) is 11. The number of rotatable bonds is 4. The lowest BCUT2D eigenvalue weighted by Crippen LogP contribution is -2.58. The number of allylic oxidation sites excluding steroid dienone is 3. The molecule has 1 aromatic carbocycles. The molecule has 3 heterocycles. The Morgan fingerprint density at radius 1 is 1.21 bits per heavy atom. The van der Waals surface area contributed by atoms with Gasteiger partial charge in [0.2, 0.25) is 11.6 Å². The molecule has 3 aliphatic rings. The summed E-state index contributed by atoms with van der Waals surface area (Å²) in [6, 6.07) is 2.52. The summed E-state index contributed by atoms with van der Waals surface area (Å²) < 4.78 is 22.7. The first-order chi connectivity index (χ1) is 19.9. The number of carbonyl (C=O) groups excluding carboxylic acids is 2. The Labute approximate surface area is 248 Å². The Morgan fingerprint density at radius 2 is 1.95 bits per heavy atom. The lowest BCUT2D eigenvalue weighted by atomic mass is 9.83. The van der Waals surface area contributed by atoms with Gasteiger partial charge in [-0.05, 0) is 43.1 Å². The van der Waals surface area contributed by atoms with Crippen LogP contribution in [0.5, 0.6) is 5.75 Å². The highest BCUT2D eigenvalue weighted by Gasteiger charge is 2.63. The monoisotopic (exact) mass is 605 g/mol. The molecule has 7 unspecified atom stereocenters. The van der Waals surface area contributed by atoms with Crippen molar-refractivity contribution in [1.29, 1.82) is 0 Å². The Kier molecular flexibility index (Phi) is 9.36. The summed E-state index contributed by atoms with van der Waals surface area (Å²) in [5, 5.41) is 6.86. The zero-order valence-corrected chi connectivity index (χ0v) is 25.1. The Bertz CT molecular complexity index is 1310. The van der Waals surface area contributed by atoms with Gasteiger partial charge in [-0.1, -0.05) is 47.5 Å². The van der Waals surface area contributed by atoms with Crippen molar-refractivity contribution in [2.75, 3.05) is 26.2 Å². The molecule has 14 heteroatoms. The number of nitrogens with one attached hydrogen (secondary N) is 2. The molecule has 2 N–H and O–H groups in total. The number of ether oxygens (including phenoxy) is 4. The minimum atomic E-state index is -1.63. The van der Waals surface area contributed by atoms with Crippen LogP contribution < -0.4 is 20.5 Å². The fraction of sp³-hybridized carbons (Fsp3) is 0.571. The second kappa shape index (κ2) is 12.5. The predicted molar refractivity (Wildman–Crippen MR) is 155 cm³/mol. The van der Waals surface area contributed by atoms with Gasteiger partial charge in [0, 0.05) is 26.5 Å². The van der Waals surface area contributed by atoms with Gasteiger partial charge in [-0.2, -0.15) is 10.3 Å². The standard InChI is InChI=1S/C28H36ClN5O8/c1-15-8-7-9-22(40-6)28(33-38)14-20(41-26(36)30-32-28)16(2)25-27(3,42-25)21(31-37)13-23(35)34(4)18-11-17(10-15)12-19(39-5)24(18)29/h7-9,11-12,16,20-22,25,32H,10,13-14H2,1-6H3,(H,30,36)/b9-7+,15-8+. The average Bonchev–Trinajstić information content (AvgIpc) is 3.70. The Balaban J connectivity index is 1.80. The largest absolute Gasteiger partial charge is 0.495 e. The van der Waals surface area contributed by atoms with Crippen LogP contribution in [0.3, 0.4) is 0 Å². The number of nitroso groups, excluding NO2 is 2. The minimum Gasteiger partial charge on any atom is -0.495 e. The zero-order chi connectivity index (χ0) is 30.8. The molecule has 0 spiro atoms. The van der Waals surface area contributed by atoms with E-state index in [9.17, 15) is 19.4 Å². The van der Waals surface area contributed by atoms with E-state index in [1.807, 2.05) is 13.0 Å². The topological polar surface area (TPSA) is 161 Å². The van der Waals surface area contributed by atoms with Crippen molar-refractivity contribution in [3.8, 4) is 5.75 Å². The van der Waals surface area contributed by atoms with E-state index in [1.54, 1.807) is 45.2 Å². The number of benzene rings is 1. The van der Waals surface area contributed by atoms with Gasteiger partial charge in [-0.15, -0.1) is 4.91 Å². The number of hydrazine groups is 1.